The van der Waals surface area contributed by atoms with Crippen molar-refractivity contribution in [3.63, 3.8) is 0 Å². The van der Waals surface area contributed by atoms with Crippen LogP contribution in [0.5, 0.6) is 5.75 Å². The third-order valence-corrected chi connectivity index (χ3v) is 6.60. The molecule has 3 aromatic carbocycles. The standard InChI is InChI=1S/C29H31N3O2/c33-28-14-12-26-25(11-13-27(29(26)30-28)34-22-24-9-5-2-6-10-24)15-16-31-17-19-32(20-18-31)21-23-7-3-1-4-8-23/h1-14H,15-22H2,(H,30,33). The van der Waals surface area contributed by atoms with Crippen LogP contribution in [0.25, 0.3) is 10.9 Å². The second kappa shape index (κ2) is 10.7. The van der Waals surface area contributed by atoms with Crippen LogP contribution in [0, 0.1) is 0 Å². The number of aromatic amines is 1. The number of benzene rings is 3. The number of piperazine rings is 1. The van der Waals surface area contributed by atoms with Gasteiger partial charge in [-0.05, 0) is 35.2 Å². The van der Waals surface area contributed by atoms with Gasteiger partial charge in [-0.25, -0.2) is 0 Å². The van der Waals surface area contributed by atoms with E-state index in [4.69, 9.17) is 4.74 Å². The molecule has 4 aromatic rings. The molecular weight excluding hydrogens is 422 g/mol. The van der Waals surface area contributed by atoms with Crippen LogP contribution in [0.3, 0.4) is 0 Å². The van der Waals surface area contributed by atoms with E-state index in [0.717, 1.165) is 67.9 Å². The highest BCUT2D eigenvalue weighted by molar-refractivity contribution is 5.87. The number of hydrogen-bond donors (Lipinski definition) is 1. The van der Waals surface area contributed by atoms with Crippen molar-refractivity contribution in [1.82, 2.24) is 14.8 Å². The maximum Gasteiger partial charge on any atom is 0.248 e. The summed E-state index contributed by atoms with van der Waals surface area (Å²) in [4.78, 5) is 20.1. The maximum atomic E-state index is 12.1. The normalized spacial score (nSPS) is 14.9. The lowest BCUT2D eigenvalue weighted by molar-refractivity contribution is 0.128. The van der Waals surface area contributed by atoms with Gasteiger partial charge in [-0.2, -0.15) is 0 Å². The number of nitrogens with zero attached hydrogens (tertiary/aromatic N) is 2. The van der Waals surface area contributed by atoms with Gasteiger partial charge in [0, 0.05) is 50.7 Å². The SMILES string of the molecule is O=c1ccc2c(CCN3CCN(Cc4ccccc4)CC3)ccc(OCc3ccccc3)c2[nH]1. The average Bonchev–Trinajstić information content (AvgIpc) is 2.88. The molecule has 0 radical (unpaired) electrons. The molecule has 0 atom stereocenters. The van der Waals surface area contributed by atoms with Gasteiger partial charge in [0.1, 0.15) is 12.4 Å². The van der Waals surface area contributed by atoms with Crippen LogP contribution >= 0.6 is 0 Å². The molecule has 1 N–H and O–H groups in total. The molecule has 0 spiro atoms. The van der Waals surface area contributed by atoms with Crippen molar-refractivity contribution in [1.29, 1.82) is 0 Å². The van der Waals surface area contributed by atoms with Crippen molar-refractivity contribution < 1.29 is 4.74 Å². The number of nitrogens with one attached hydrogen (secondary N) is 1. The molecular formula is C29H31N3O2. The van der Waals surface area contributed by atoms with Crippen LogP contribution in [-0.4, -0.2) is 47.5 Å². The van der Waals surface area contributed by atoms with Crippen molar-refractivity contribution >= 4 is 10.9 Å². The second-order valence-corrected chi connectivity index (χ2v) is 8.96. The summed E-state index contributed by atoms with van der Waals surface area (Å²) in [5.74, 6) is 0.717. The minimum Gasteiger partial charge on any atom is -0.487 e. The summed E-state index contributed by atoms with van der Waals surface area (Å²) in [6, 6.07) is 28.5. The number of pyridine rings is 1. The first-order valence-electron chi connectivity index (χ1n) is 12.0. The predicted octanol–water partition coefficient (Wildman–Crippen LogP) is 4.47. The van der Waals surface area contributed by atoms with Crippen molar-refractivity contribution in [3.8, 4) is 5.75 Å². The molecule has 0 unspecified atom stereocenters. The Labute approximate surface area is 200 Å². The summed E-state index contributed by atoms with van der Waals surface area (Å²) >= 11 is 0. The van der Waals surface area contributed by atoms with E-state index in [9.17, 15) is 4.79 Å². The molecule has 34 heavy (non-hydrogen) atoms. The fourth-order valence-corrected chi connectivity index (χ4v) is 4.65. The number of ether oxygens (including phenoxy) is 1. The first-order valence-corrected chi connectivity index (χ1v) is 12.0. The lowest BCUT2D eigenvalue weighted by Gasteiger charge is -2.34. The van der Waals surface area contributed by atoms with E-state index in [-0.39, 0.29) is 5.56 Å². The molecule has 2 heterocycles. The Morgan fingerprint density at radius 2 is 1.41 bits per heavy atom. The molecule has 5 heteroatoms. The Morgan fingerprint density at radius 1 is 0.735 bits per heavy atom. The molecule has 0 saturated carbocycles. The van der Waals surface area contributed by atoms with E-state index in [1.165, 1.54) is 11.1 Å². The lowest BCUT2D eigenvalue weighted by atomic mass is 10.0. The zero-order valence-electron chi connectivity index (χ0n) is 19.5. The Hall–Kier alpha value is -3.41. The summed E-state index contributed by atoms with van der Waals surface area (Å²) in [5, 5.41) is 1.06. The average molecular weight is 454 g/mol. The quantitative estimate of drug-likeness (QED) is 0.428. The van der Waals surface area contributed by atoms with Crippen LogP contribution in [0.2, 0.25) is 0 Å². The molecule has 0 bridgehead atoms. The Kier molecular flexibility index (Phi) is 7.03. The van der Waals surface area contributed by atoms with E-state index in [1.54, 1.807) is 6.07 Å². The summed E-state index contributed by atoms with van der Waals surface area (Å²) in [5.41, 5.74) is 4.40. The lowest BCUT2D eigenvalue weighted by Crippen LogP contribution is -2.46. The molecule has 1 aliphatic heterocycles. The van der Waals surface area contributed by atoms with E-state index < -0.39 is 0 Å². The van der Waals surface area contributed by atoms with Gasteiger partial charge in [0.15, 0.2) is 0 Å². The minimum absolute atomic E-state index is 0.108. The van der Waals surface area contributed by atoms with Crippen molar-refractivity contribution in [3.05, 3.63) is 112 Å². The van der Waals surface area contributed by atoms with Gasteiger partial charge in [-0.3, -0.25) is 9.69 Å². The molecule has 5 rings (SSSR count). The Morgan fingerprint density at radius 3 is 2.15 bits per heavy atom. The van der Waals surface area contributed by atoms with Gasteiger partial charge in [0.25, 0.3) is 0 Å². The molecule has 5 nitrogen and oxygen atoms in total. The summed E-state index contributed by atoms with van der Waals surface area (Å²) in [7, 11) is 0. The zero-order valence-corrected chi connectivity index (χ0v) is 19.5. The number of rotatable bonds is 8. The fraction of sp³-hybridized carbons (Fsp3) is 0.276. The smallest absolute Gasteiger partial charge is 0.248 e. The van der Waals surface area contributed by atoms with Gasteiger partial charge in [-0.1, -0.05) is 66.7 Å². The molecule has 0 aliphatic carbocycles. The summed E-state index contributed by atoms with van der Waals surface area (Å²) < 4.78 is 6.08. The van der Waals surface area contributed by atoms with Gasteiger partial charge < -0.3 is 14.6 Å². The van der Waals surface area contributed by atoms with Crippen LogP contribution in [-0.2, 0) is 19.6 Å². The van der Waals surface area contributed by atoms with Crippen LogP contribution in [0.4, 0.5) is 0 Å². The Balaban J connectivity index is 1.22. The van der Waals surface area contributed by atoms with Crippen LogP contribution in [0.15, 0.2) is 89.7 Å². The zero-order chi connectivity index (χ0) is 23.2. The molecule has 1 fully saturated rings. The number of aromatic nitrogens is 1. The molecule has 1 saturated heterocycles. The topological polar surface area (TPSA) is 48.6 Å². The third kappa shape index (κ3) is 5.56. The molecule has 1 aliphatic rings. The highest BCUT2D eigenvalue weighted by Gasteiger charge is 2.17. The van der Waals surface area contributed by atoms with E-state index in [2.05, 4.69) is 51.2 Å². The van der Waals surface area contributed by atoms with Crippen molar-refractivity contribution in [2.24, 2.45) is 0 Å². The largest absolute Gasteiger partial charge is 0.487 e. The summed E-state index contributed by atoms with van der Waals surface area (Å²) in [6.45, 7) is 6.86. The van der Waals surface area contributed by atoms with Crippen LogP contribution < -0.4 is 10.3 Å². The second-order valence-electron chi connectivity index (χ2n) is 8.96. The van der Waals surface area contributed by atoms with Gasteiger partial charge >= 0.3 is 0 Å². The van der Waals surface area contributed by atoms with E-state index in [1.807, 2.05) is 42.5 Å². The fourth-order valence-electron chi connectivity index (χ4n) is 4.65. The number of H-pyrrole nitrogens is 1. The first kappa shape index (κ1) is 22.4. The van der Waals surface area contributed by atoms with E-state index >= 15 is 0 Å². The van der Waals surface area contributed by atoms with Crippen molar-refractivity contribution in [2.75, 3.05) is 32.7 Å². The highest BCUT2D eigenvalue weighted by atomic mass is 16.5. The first-order chi connectivity index (χ1) is 16.7. The van der Waals surface area contributed by atoms with Crippen molar-refractivity contribution in [2.45, 2.75) is 19.6 Å². The minimum atomic E-state index is -0.108. The molecule has 1 aromatic heterocycles. The highest BCUT2D eigenvalue weighted by Crippen LogP contribution is 2.27. The Bertz CT molecular complexity index is 1260. The maximum absolute atomic E-state index is 12.1. The summed E-state index contributed by atoms with van der Waals surface area (Å²) in [6.07, 6.45) is 0.945. The van der Waals surface area contributed by atoms with Gasteiger partial charge in [0.05, 0.1) is 5.52 Å². The van der Waals surface area contributed by atoms with E-state index in [0.29, 0.717) is 6.61 Å². The van der Waals surface area contributed by atoms with Gasteiger partial charge in [-0.15, -0.1) is 0 Å². The van der Waals surface area contributed by atoms with Crippen LogP contribution in [0.1, 0.15) is 16.7 Å². The monoisotopic (exact) mass is 453 g/mol. The molecule has 174 valence electrons. The number of hydrogen-bond acceptors (Lipinski definition) is 4. The number of fused-ring (bicyclic) bond motifs is 1. The predicted molar refractivity (Wildman–Crippen MR) is 137 cm³/mol. The molecule has 0 amide bonds. The van der Waals surface area contributed by atoms with Gasteiger partial charge in [0.2, 0.25) is 5.56 Å². The third-order valence-electron chi connectivity index (χ3n) is 6.60.